The smallest absolute Gasteiger partial charge is 0.139 e. The molecule has 1 aromatic carbocycles. The van der Waals surface area contributed by atoms with E-state index in [0.717, 1.165) is 18.9 Å². The second-order valence-electron chi connectivity index (χ2n) is 4.44. The van der Waals surface area contributed by atoms with Crippen LogP contribution in [0.15, 0.2) is 36.7 Å². The van der Waals surface area contributed by atoms with E-state index in [2.05, 4.69) is 59.9 Å². The second-order valence-corrected chi connectivity index (χ2v) is 4.44. The van der Waals surface area contributed by atoms with E-state index in [0.29, 0.717) is 6.04 Å². The Balaban J connectivity index is 2.32. The lowest BCUT2D eigenvalue weighted by atomic mass is 10.0. The van der Waals surface area contributed by atoms with Gasteiger partial charge in [0.25, 0.3) is 0 Å². The van der Waals surface area contributed by atoms with Crippen molar-refractivity contribution in [2.24, 2.45) is 0 Å². The molecule has 0 amide bonds. The molecule has 0 aliphatic heterocycles. The lowest BCUT2D eigenvalue weighted by Crippen LogP contribution is -2.17. The summed E-state index contributed by atoms with van der Waals surface area (Å²) in [6, 6.07) is 8.99. The average molecular weight is 243 g/mol. The van der Waals surface area contributed by atoms with Crippen LogP contribution in [0.3, 0.4) is 0 Å². The van der Waals surface area contributed by atoms with Crippen LogP contribution in [0.2, 0.25) is 0 Å². The van der Waals surface area contributed by atoms with Crippen LogP contribution >= 0.6 is 0 Å². The number of nitrogens with zero attached hydrogens (tertiary/aromatic N) is 2. The number of aryl methyl sites for hydroxylation is 1. The first-order chi connectivity index (χ1) is 8.76. The maximum Gasteiger partial charge on any atom is 0.139 e. The van der Waals surface area contributed by atoms with Gasteiger partial charge in [-0.2, -0.15) is 0 Å². The molecule has 0 fully saturated rings. The molecule has 0 radical (unpaired) electrons. The van der Waals surface area contributed by atoms with Gasteiger partial charge in [0.1, 0.15) is 5.82 Å². The molecule has 0 bridgehead atoms. The van der Waals surface area contributed by atoms with Gasteiger partial charge in [0, 0.05) is 30.5 Å². The van der Waals surface area contributed by atoms with E-state index in [1.165, 1.54) is 11.1 Å². The fourth-order valence-electron chi connectivity index (χ4n) is 2.20. The monoisotopic (exact) mass is 243 g/mol. The summed E-state index contributed by atoms with van der Waals surface area (Å²) in [4.78, 5) is 4.45. The van der Waals surface area contributed by atoms with Crippen LogP contribution < -0.4 is 5.32 Å². The molecule has 1 heterocycles. The summed E-state index contributed by atoms with van der Waals surface area (Å²) in [7, 11) is 0. The standard InChI is InChI=1S/C15H21N3/c1-4-16-12(3)13-7-6-8-14(11-13)15-17-9-10-18(15)5-2/h6-12,16H,4-5H2,1-3H3. The maximum atomic E-state index is 4.45. The highest BCUT2D eigenvalue weighted by Crippen LogP contribution is 2.22. The zero-order valence-electron chi connectivity index (χ0n) is 11.4. The molecular formula is C15H21N3. The van der Waals surface area contributed by atoms with E-state index in [1.54, 1.807) is 0 Å². The molecule has 1 N–H and O–H groups in total. The Morgan fingerprint density at radius 2 is 2.17 bits per heavy atom. The number of benzene rings is 1. The largest absolute Gasteiger partial charge is 0.331 e. The normalized spacial score (nSPS) is 12.6. The Labute approximate surface area is 109 Å². The molecule has 3 nitrogen and oxygen atoms in total. The van der Waals surface area contributed by atoms with E-state index < -0.39 is 0 Å². The van der Waals surface area contributed by atoms with Gasteiger partial charge in [-0.15, -0.1) is 0 Å². The van der Waals surface area contributed by atoms with E-state index in [1.807, 2.05) is 12.4 Å². The number of imidazole rings is 1. The second kappa shape index (κ2) is 5.83. The van der Waals surface area contributed by atoms with Gasteiger partial charge in [0.2, 0.25) is 0 Å². The maximum absolute atomic E-state index is 4.45. The summed E-state index contributed by atoms with van der Waals surface area (Å²) >= 11 is 0. The molecular weight excluding hydrogens is 222 g/mol. The molecule has 1 unspecified atom stereocenters. The highest BCUT2D eigenvalue weighted by Gasteiger charge is 2.08. The van der Waals surface area contributed by atoms with Crippen LogP contribution in [-0.2, 0) is 6.54 Å². The molecule has 2 aromatic rings. The number of nitrogens with one attached hydrogen (secondary N) is 1. The third-order valence-electron chi connectivity index (χ3n) is 3.21. The molecule has 1 atom stereocenters. The van der Waals surface area contributed by atoms with Crippen LogP contribution in [-0.4, -0.2) is 16.1 Å². The Morgan fingerprint density at radius 3 is 2.89 bits per heavy atom. The van der Waals surface area contributed by atoms with Crippen LogP contribution in [0.25, 0.3) is 11.4 Å². The third-order valence-corrected chi connectivity index (χ3v) is 3.21. The highest BCUT2D eigenvalue weighted by molar-refractivity contribution is 5.57. The van der Waals surface area contributed by atoms with Crippen molar-refractivity contribution in [2.45, 2.75) is 33.4 Å². The molecule has 0 aliphatic rings. The molecule has 18 heavy (non-hydrogen) atoms. The van der Waals surface area contributed by atoms with Gasteiger partial charge in [0.05, 0.1) is 0 Å². The first kappa shape index (κ1) is 12.8. The minimum Gasteiger partial charge on any atom is -0.331 e. The molecule has 96 valence electrons. The molecule has 1 aromatic heterocycles. The summed E-state index contributed by atoms with van der Waals surface area (Å²) in [5.74, 6) is 1.04. The fourth-order valence-corrected chi connectivity index (χ4v) is 2.20. The first-order valence-electron chi connectivity index (χ1n) is 6.61. The lowest BCUT2D eigenvalue weighted by Gasteiger charge is -2.14. The minimum atomic E-state index is 0.375. The Kier molecular flexibility index (Phi) is 4.15. The minimum absolute atomic E-state index is 0.375. The van der Waals surface area contributed by atoms with Gasteiger partial charge in [0.15, 0.2) is 0 Å². The zero-order chi connectivity index (χ0) is 13.0. The molecule has 0 aliphatic carbocycles. The van der Waals surface area contributed by atoms with Gasteiger partial charge in [-0.25, -0.2) is 4.98 Å². The summed E-state index contributed by atoms with van der Waals surface area (Å²) in [5, 5.41) is 3.44. The van der Waals surface area contributed by atoms with E-state index in [-0.39, 0.29) is 0 Å². The fraction of sp³-hybridized carbons (Fsp3) is 0.400. The molecule has 0 spiro atoms. The van der Waals surface area contributed by atoms with Crippen molar-refractivity contribution in [3.63, 3.8) is 0 Å². The number of rotatable bonds is 5. The Morgan fingerprint density at radius 1 is 1.33 bits per heavy atom. The van der Waals surface area contributed by atoms with Crippen LogP contribution in [0.4, 0.5) is 0 Å². The number of hydrogen-bond donors (Lipinski definition) is 1. The molecule has 3 heteroatoms. The summed E-state index contributed by atoms with van der Waals surface area (Å²) < 4.78 is 2.16. The van der Waals surface area contributed by atoms with Crippen LogP contribution in [0, 0.1) is 0 Å². The summed E-state index contributed by atoms with van der Waals surface area (Å²) in [5.41, 5.74) is 2.49. The number of aromatic nitrogens is 2. The van der Waals surface area contributed by atoms with Gasteiger partial charge in [-0.3, -0.25) is 0 Å². The molecule has 2 rings (SSSR count). The number of hydrogen-bond acceptors (Lipinski definition) is 2. The molecule has 0 saturated carbocycles. The van der Waals surface area contributed by atoms with Crippen molar-refractivity contribution in [2.75, 3.05) is 6.54 Å². The van der Waals surface area contributed by atoms with E-state index >= 15 is 0 Å². The van der Waals surface area contributed by atoms with Crippen LogP contribution in [0.1, 0.15) is 32.4 Å². The third kappa shape index (κ3) is 2.62. The van der Waals surface area contributed by atoms with Crippen LogP contribution in [0.5, 0.6) is 0 Å². The van der Waals surface area contributed by atoms with Gasteiger partial charge in [-0.05, 0) is 32.0 Å². The van der Waals surface area contributed by atoms with Crippen molar-refractivity contribution >= 4 is 0 Å². The quantitative estimate of drug-likeness (QED) is 0.873. The zero-order valence-corrected chi connectivity index (χ0v) is 11.4. The highest BCUT2D eigenvalue weighted by atomic mass is 15.1. The van der Waals surface area contributed by atoms with E-state index in [9.17, 15) is 0 Å². The van der Waals surface area contributed by atoms with E-state index in [4.69, 9.17) is 0 Å². The van der Waals surface area contributed by atoms with Gasteiger partial charge in [-0.1, -0.05) is 25.1 Å². The summed E-state index contributed by atoms with van der Waals surface area (Å²) in [6.45, 7) is 8.38. The van der Waals surface area contributed by atoms with Crippen molar-refractivity contribution in [1.29, 1.82) is 0 Å². The Hall–Kier alpha value is -1.61. The van der Waals surface area contributed by atoms with Crippen molar-refractivity contribution in [3.05, 3.63) is 42.2 Å². The Bertz CT molecular complexity index is 502. The van der Waals surface area contributed by atoms with Crippen molar-refractivity contribution < 1.29 is 0 Å². The SMILES string of the molecule is CCNC(C)c1cccc(-c2nccn2CC)c1. The predicted octanol–water partition coefficient (Wildman–Crippen LogP) is 3.24. The topological polar surface area (TPSA) is 29.9 Å². The van der Waals surface area contributed by atoms with Gasteiger partial charge >= 0.3 is 0 Å². The lowest BCUT2D eigenvalue weighted by molar-refractivity contribution is 0.598. The van der Waals surface area contributed by atoms with Crippen molar-refractivity contribution in [3.8, 4) is 11.4 Å². The van der Waals surface area contributed by atoms with Gasteiger partial charge < -0.3 is 9.88 Å². The predicted molar refractivity (Wildman–Crippen MR) is 75.4 cm³/mol. The average Bonchev–Trinajstić information content (AvgIpc) is 2.87. The first-order valence-corrected chi connectivity index (χ1v) is 6.61. The van der Waals surface area contributed by atoms with Crippen molar-refractivity contribution in [1.82, 2.24) is 14.9 Å². The molecule has 0 saturated heterocycles. The summed E-state index contributed by atoms with van der Waals surface area (Å²) in [6.07, 6.45) is 3.88.